The number of rotatable bonds is 6. The van der Waals surface area contributed by atoms with Gasteiger partial charge < -0.3 is 5.32 Å². The average molecular weight is 446 g/mol. The Balaban J connectivity index is 1.50. The van der Waals surface area contributed by atoms with Crippen molar-refractivity contribution in [1.29, 1.82) is 0 Å². The summed E-state index contributed by atoms with van der Waals surface area (Å²) in [5.41, 5.74) is 3.47. The lowest BCUT2D eigenvalue weighted by atomic mass is 10.2. The molecule has 0 radical (unpaired) electrons. The predicted octanol–water partition coefficient (Wildman–Crippen LogP) is 4.53. The van der Waals surface area contributed by atoms with Crippen LogP contribution in [0.5, 0.6) is 0 Å². The van der Waals surface area contributed by atoms with Crippen LogP contribution in [-0.2, 0) is 24.2 Å². The lowest BCUT2D eigenvalue weighted by molar-refractivity contribution is -0.113. The average Bonchev–Trinajstić information content (AvgIpc) is 3.38. The summed E-state index contributed by atoms with van der Waals surface area (Å²) in [5, 5.41) is 6.20. The van der Waals surface area contributed by atoms with E-state index in [1.165, 1.54) is 11.8 Å². The Hall–Kier alpha value is -2.09. The Labute approximate surface area is 182 Å². The first kappa shape index (κ1) is 20.2. The van der Waals surface area contributed by atoms with Crippen molar-refractivity contribution in [2.75, 3.05) is 11.1 Å². The van der Waals surface area contributed by atoms with E-state index in [9.17, 15) is 9.59 Å². The molecule has 8 heteroatoms. The summed E-state index contributed by atoms with van der Waals surface area (Å²) in [6.07, 6.45) is 2.77. The van der Waals surface area contributed by atoms with Crippen LogP contribution in [-0.4, -0.2) is 21.2 Å². The number of thiophene rings is 1. The van der Waals surface area contributed by atoms with Crippen molar-refractivity contribution in [3.63, 3.8) is 0 Å². The molecule has 0 aliphatic heterocycles. The fourth-order valence-electron chi connectivity index (χ4n) is 3.49. The second-order valence-corrected chi connectivity index (χ2v) is 9.30. The zero-order valence-electron chi connectivity index (χ0n) is 15.9. The minimum absolute atomic E-state index is 0.142. The second kappa shape index (κ2) is 8.73. The SMILES string of the molecule is Cc1c(Cl)cccc1NC(=O)CSc1nc(=O)n(Cc2cccs2)c2c1CCC2. The van der Waals surface area contributed by atoms with Gasteiger partial charge in [-0.05, 0) is 55.3 Å². The van der Waals surface area contributed by atoms with Gasteiger partial charge in [-0.25, -0.2) is 4.79 Å². The molecular weight excluding hydrogens is 426 g/mol. The molecule has 1 aliphatic rings. The molecule has 0 unspecified atom stereocenters. The van der Waals surface area contributed by atoms with Crippen molar-refractivity contribution in [2.24, 2.45) is 0 Å². The number of benzene rings is 1. The molecule has 4 rings (SSSR count). The molecule has 1 N–H and O–H groups in total. The summed E-state index contributed by atoms with van der Waals surface area (Å²) in [6.45, 7) is 2.43. The van der Waals surface area contributed by atoms with Gasteiger partial charge in [0, 0.05) is 26.8 Å². The molecule has 0 saturated carbocycles. The van der Waals surface area contributed by atoms with Crippen LogP contribution in [0.4, 0.5) is 5.69 Å². The molecule has 3 aromatic rings. The van der Waals surface area contributed by atoms with E-state index < -0.39 is 0 Å². The van der Waals surface area contributed by atoms with Gasteiger partial charge >= 0.3 is 5.69 Å². The number of carbonyl (C=O) groups excluding carboxylic acids is 1. The molecule has 1 aliphatic carbocycles. The van der Waals surface area contributed by atoms with Gasteiger partial charge in [-0.2, -0.15) is 4.98 Å². The van der Waals surface area contributed by atoms with Gasteiger partial charge in [0.05, 0.1) is 12.3 Å². The lowest BCUT2D eigenvalue weighted by Gasteiger charge is -2.14. The molecule has 0 fully saturated rings. The zero-order valence-corrected chi connectivity index (χ0v) is 18.3. The third-order valence-corrected chi connectivity index (χ3v) is 7.26. The van der Waals surface area contributed by atoms with Gasteiger partial charge in [-0.3, -0.25) is 9.36 Å². The maximum atomic E-state index is 12.7. The highest BCUT2D eigenvalue weighted by molar-refractivity contribution is 8.00. The number of aromatic nitrogens is 2. The van der Waals surface area contributed by atoms with E-state index in [4.69, 9.17) is 11.6 Å². The Morgan fingerprint density at radius 1 is 1.31 bits per heavy atom. The summed E-state index contributed by atoms with van der Waals surface area (Å²) >= 11 is 9.08. The van der Waals surface area contributed by atoms with Crippen LogP contribution >= 0.6 is 34.7 Å². The molecule has 29 heavy (non-hydrogen) atoms. The summed E-state index contributed by atoms with van der Waals surface area (Å²) in [4.78, 5) is 30.5. The van der Waals surface area contributed by atoms with E-state index in [-0.39, 0.29) is 17.3 Å². The Morgan fingerprint density at radius 3 is 2.97 bits per heavy atom. The number of amides is 1. The van der Waals surface area contributed by atoms with Crippen LogP contribution in [0.2, 0.25) is 5.02 Å². The second-order valence-electron chi connectivity index (χ2n) is 6.89. The standard InChI is InChI=1S/C21H20ClN3O2S2/c1-13-16(22)7-3-8-17(13)23-19(26)12-29-20-15-6-2-9-18(15)25(21(27)24-20)11-14-5-4-10-28-14/h3-5,7-8,10H,2,6,9,11-12H2,1H3,(H,23,26). The normalized spacial score (nSPS) is 12.8. The maximum absolute atomic E-state index is 12.7. The van der Waals surface area contributed by atoms with Gasteiger partial charge in [0.15, 0.2) is 0 Å². The van der Waals surface area contributed by atoms with Crippen LogP contribution in [0.3, 0.4) is 0 Å². The number of nitrogens with zero attached hydrogens (tertiary/aromatic N) is 2. The van der Waals surface area contributed by atoms with E-state index in [2.05, 4.69) is 10.3 Å². The highest BCUT2D eigenvalue weighted by atomic mass is 35.5. The van der Waals surface area contributed by atoms with Crippen molar-refractivity contribution in [3.05, 3.63) is 72.9 Å². The largest absolute Gasteiger partial charge is 0.349 e. The first-order chi connectivity index (χ1) is 14.0. The van der Waals surface area contributed by atoms with Gasteiger partial charge in [0.1, 0.15) is 5.03 Å². The molecule has 5 nitrogen and oxygen atoms in total. The molecule has 0 bridgehead atoms. The van der Waals surface area contributed by atoms with Crippen LogP contribution in [0.1, 0.15) is 28.1 Å². The van der Waals surface area contributed by atoms with E-state index in [1.807, 2.05) is 30.5 Å². The van der Waals surface area contributed by atoms with E-state index >= 15 is 0 Å². The van der Waals surface area contributed by atoms with E-state index in [1.54, 1.807) is 28.0 Å². The predicted molar refractivity (Wildman–Crippen MR) is 119 cm³/mol. The van der Waals surface area contributed by atoms with Crippen LogP contribution in [0, 0.1) is 6.92 Å². The molecule has 1 aromatic carbocycles. The molecule has 150 valence electrons. The van der Waals surface area contributed by atoms with Gasteiger partial charge in [0.2, 0.25) is 5.91 Å². The third-order valence-electron chi connectivity index (χ3n) is 4.98. The van der Waals surface area contributed by atoms with Crippen LogP contribution < -0.4 is 11.0 Å². The monoisotopic (exact) mass is 445 g/mol. The first-order valence-electron chi connectivity index (χ1n) is 9.35. The maximum Gasteiger partial charge on any atom is 0.349 e. The van der Waals surface area contributed by atoms with Crippen molar-refractivity contribution < 1.29 is 4.79 Å². The van der Waals surface area contributed by atoms with Crippen LogP contribution in [0.25, 0.3) is 0 Å². The number of hydrogen-bond donors (Lipinski definition) is 1. The van der Waals surface area contributed by atoms with Gasteiger partial charge in [-0.1, -0.05) is 35.5 Å². The van der Waals surface area contributed by atoms with Gasteiger partial charge in [0.25, 0.3) is 0 Å². The smallest absolute Gasteiger partial charge is 0.325 e. The summed E-state index contributed by atoms with van der Waals surface area (Å²) in [5.74, 6) is 0.0523. The number of thioether (sulfide) groups is 1. The quantitative estimate of drug-likeness (QED) is 0.447. The van der Waals surface area contributed by atoms with E-state index in [0.717, 1.165) is 41.0 Å². The van der Waals surface area contributed by atoms with Crippen molar-refractivity contribution in [2.45, 2.75) is 37.8 Å². The molecule has 2 aromatic heterocycles. The molecule has 0 atom stereocenters. The summed E-state index contributed by atoms with van der Waals surface area (Å²) < 4.78 is 1.79. The number of carbonyl (C=O) groups is 1. The fourth-order valence-corrected chi connectivity index (χ4v) is 5.23. The zero-order chi connectivity index (χ0) is 20.4. The van der Waals surface area contributed by atoms with Crippen molar-refractivity contribution >= 4 is 46.3 Å². The Kier molecular flexibility index (Phi) is 6.08. The Morgan fingerprint density at radius 2 is 2.17 bits per heavy atom. The molecule has 0 saturated heterocycles. The first-order valence-corrected chi connectivity index (χ1v) is 11.6. The highest BCUT2D eigenvalue weighted by Gasteiger charge is 2.23. The van der Waals surface area contributed by atoms with E-state index in [0.29, 0.717) is 22.3 Å². The summed E-state index contributed by atoms with van der Waals surface area (Å²) in [7, 11) is 0. The minimum atomic E-state index is -0.243. The number of fused-ring (bicyclic) bond motifs is 1. The minimum Gasteiger partial charge on any atom is -0.325 e. The Bertz CT molecular complexity index is 1110. The number of anilines is 1. The lowest BCUT2D eigenvalue weighted by Crippen LogP contribution is -2.27. The topological polar surface area (TPSA) is 64.0 Å². The van der Waals surface area contributed by atoms with Gasteiger partial charge in [-0.15, -0.1) is 11.3 Å². The molecular formula is C21H20ClN3O2S2. The fraction of sp³-hybridized carbons (Fsp3) is 0.286. The van der Waals surface area contributed by atoms with Crippen molar-refractivity contribution in [3.8, 4) is 0 Å². The molecule has 1 amide bonds. The number of hydrogen-bond acceptors (Lipinski definition) is 5. The molecule has 2 heterocycles. The van der Waals surface area contributed by atoms with Crippen LogP contribution in [0.15, 0.2) is 45.5 Å². The number of halogens is 1. The number of nitrogens with one attached hydrogen (secondary N) is 1. The highest BCUT2D eigenvalue weighted by Crippen LogP contribution is 2.30. The van der Waals surface area contributed by atoms with Crippen molar-refractivity contribution in [1.82, 2.24) is 9.55 Å². The summed E-state index contributed by atoms with van der Waals surface area (Å²) in [6, 6.07) is 9.44. The molecule has 0 spiro atoms. The third kappa shape index (κ3) is 4.42.